The summed E-state index contributed by atoms with van der Waals surface area (Å²) in [6.45, 7) is 0. The van der Waals surface area contributed by atoms with Gasteiger partial charge in [-0.1, -0.05) is 12.1 Å². The van der Waals surface area contributed by atoms with Gasteiger partial charge in [0.2, 0.25) is 5.78 Å². The standard InChI is InChI=1S/C13H5F12IO/c14-8(15)10(18,19)12(22,23)13(24,25)11(20,21)9(16,17)7(27)5-1-3-6(26)4-2-5/h1-4,8H. The molecule has 154 valence electrons. The summed E-state index contributed by atoms with van der Waals surface area (Å²) in [6, 6.07) is 2.69. The summed E-state index contributed by atoms with van der Waals surface area (Å²) in [4.78, 5) is 11.4. The molecule has 0 aliphatic rings. The van der Waals surface area contributed by atoms with Crippen LogP contribution in [-0.4, -0.2) is 41.8 Å². The van der Waals surface area contributed by atoms with Crippen molar-refractivity contribution in [1.29, 1.82) is 0 Å². The number of rotatable bonds is 7. The summed E-state index contributed by atoms with van der Waals surface area (Å²) in [5.74, 6) is -39.6. The number of hydrogen-bond acceptors (Lipinski definition) is 1. The van der Waals surface area contributed by atoms with E-state index in [0.717, 1.165) is 12.1 Å². The smallest absolute Gasteiger partial charge is 0.287 e. The normalized spacial score (nSPS) is 14.6. The molecule has 27 heavy (non-hydrogen) atoms. The fraction of sp³-hybridized carbons (Fsp3) is 0.462. The van der Waals surface area contributed by atoms with Crippen molar-refractivity contribution in [2.45, 2.75) is 36.0 Å². The van der Waals surface area contributed by atoms with Gasteiger partial charge in [0, 0.05) is 9.13 Å². The number of halogens is 13. The van der Waals surface area contributed by atoms with E-state index in [-0.39, 0.29) is 3.57 Å². The minimum atomic E-state index is -7.72. The number of carbonyl (C=O) groups excluding carboxylic acids is 1. The van der Waals surface area contributed by atoms with Crippen LogP contribution in [0.2, 0.25) is 0 Å². The van der Waals surface area contributed by atoms with Crippen LogP contribution in [0.15, 0.2) is 24.3 Å². The fourth-order valence-electron chi connectivity index (χ4n) is 1.67. The monoisotopic (exact) mass is 532 g/mol. The van der Waals surface area contributed by atoms with Gasteiger partial charge in [-0.2, -0.15) is 43.9 Å². The number of carbonyl (C=O) groups is 1. The third-order valence-electron chi connectivity index (χ3n) is 3.27. The van der Waals surface area contributed by atoms with Crippen molar-refractivity contribution in [1.82, 2.24) is 0 Å². The van der Waals surface area contributed by atoms with Gasteiger partial charge in [0.15, 0.2) is 0 Å². The zero-order chi connectivity index (χ0) is 21.6. The lowest BCUT2D eigenvalue weighted by Gasteiger charge is -2.38. The molecule has 0 heterocycles. The fourth-order valence-corrected chi connectivity index (χ4v) is 2.03. The van der Waals surface area contributed by atoms with Gasteiger partial charge in [-0.05, 0) is 34.7 Å². The first-order valence-electron chi connectivity index (χ1n) is 6.33. The van der Waals surface area contributed by atoms with Gasteiger partial charge < -0.3 is 0 Å². The maximum Gasteiger partial charge on any atom is 0.386 e. The Morgan fingerprint density at radius 3 is 1.52 bits per heavy atom. The van der Waals surface area contributed by atoms with Crippen LogP contribution in [0.25, 0.3) is 0 Å². The molecule has 0 spiro atoms. The summed E-state index contributed by atoms with van der Waals surface area (Å²) >= 11 is 1.57. The molecular weight excluding hydrogens is 527 g/mol. The Bertz CT molecular complexity index is 698. The molecule has 0 amide bonds. The molecule has 0 saturated heterocycles. The molecule has 0 atom stereocenters. The number of alkyl halides is 12. The zero-order valence-corrected chi connectivity index (χ0v) is 14.4. The molecule has 1 rings (SSSR count). The minimum Gasteiger partial charge on any atom is -0.287 e. The lowest BCUT2D eigenvalue weighted by Crippen LogP contribution is -2.69. The molecule has 1 aromatic carbocycles. The van der Waals surface area contributed by atoms with Crippen molar-refractivity contribution in [2.24, 2.45) is 0 Å². The highest BCUT2D eigenvalue weighted by molar-refractivity contribution is 14.1. The quantitative estimate of drug-likeness (QED) is 0.243. The van der Waals surface area contributed by atoms with E-state index in [4.69, 9.17) is 0 Å². The summed E-state index contributed by atoms with van der Waals surface area (Å²) in [7, 11) is 0. The van der Waals surface area contributed by atoms with E-state index in [9.17, 15) is 57.5 Å². The molecule has 0 saturated carbocycles. The zero-order valence-electron chi connectivity index (χ0n) is 12.2. The number of ketones is 1. The first-order chi connectivity index (χ1) is 11.9. The highest BCUT2D eigenvalue weighted by Crippen LogP contribution is 2.58. The van der Waals surface area contributed by atoms with E-state index in [1.54, 1.807) is 22.6 Å². The van der Waals surface area contributed by atoms with Crippen molar-refractivity contribution in [2.75, 3.05) is 0 Å². The predicted octanol–water partition coefficient (Wildman–Crippen LogP) is 5.92. The van der Waals surface area contributed by atoms with Crippen LogP contribution in [0.3, 0.4) is 0 Å². The topological polar surface area (TPSA) is 17.1 Å². The lowest BCUT2D eigenvalue weighted by molar-refractivity contribution is -0.405. The second-order valence-corrected chi connectivity index (χ2v) is 6.30. The SMILES string of the molecule is O=C(c1ccc(I)cc1)C(F)(F)C(F)(F)C(F)(F)C(F)(F)C(F)(F)C(F)F. The predicted molar refractivity (Wildman–Crippen MR) is 74.2 cm³/mol. The highest BCUT2D eigenvalue weighted by Gasteiger charge is 2.88. The van der Waals surface area contributed by atoms with Crippen molar-refractivity contribution in [3.63, 3.8) is 0 Å². The van der Waals surface area contributed by atoms with Gasteiger partial charge in [0.25, 0.3) is 0 Å². The Balaban J connectivity index is 3.47. The van der Waals surface area contributed by atoms with Crippen molar-refractivity contribution in [3.05, 3.63) is 33.4 Å². The Hall–Kier alpha value is -1.22. The van der Waals surface area contributed by atoms with Gasteiger partial charge in [0.05, 0.1) is 0 Å². The summed E-state index contributed by atoms with van der Waals surface area (Å²) in [5.41, 5.74) is -1.33. The van der Waals surface area contributed by atoms with Gasteiger partial charge >= 0.3 is 36.0 Å². The molecule has 0 unspecified atom stereocenters. The van der Waals surface area contributed by atoms with Gasteiger partial charge in [-0.3, -0.25) is 4.79 Å². The van der Waals surface area contributed by atoms with Crippen LogP contribution < -0.4 is 0 Å². The third kappa shape index (κ3) is 3.48. The number of benzene rings is 1. The van der Waals surface area contributed by atoms with E-state index in [2.05, 4.69) is 0 Å². The van der Waals surface area contributed by atoms with Crippen LogP contribution >= 0.6 is 22.6 Å². The first-order valence-corrected chi connectivity index (χ1v) is 7.41. The molecule has 0 aromatic heterocycles. The van der Waals surface area contributed by atoms with Crippen LogP contribution in [0.1, 0.15) is 10.4 Å². The van der Waals surface area contributed by atoms with E-state index >= 15 is 0 Å². The number of Topliss-reactive ketones (excluding diaryl/α,β-unsaturated/α-hetero) is 1. The van der Waals surface area contributed by atoms with Crippen LogP contribution in [-0.2, 0) is 0 Å². The van der Waals surface area contributed by atoms with Crippen molar-refractivity contribution < 1.29 is 57.5 Å². The summed E-state index contributed by atoms with van der Waals surface area (Å²) in [6.07, 6.45) is -5.59. The molecule has 1 aromatic rings. The van der Waals surface area contributed by atoms with E-state index < -0.39 is 47.4 Å². The molecule has 14 heteroatoms. The molecule has 0 N–H and O–H groups in total. The third-order valence-corrected chi connectivity index (χ3v) is 3.99. The summed E-state index contributed by atoms with van der Waals surface area (Å²) < 4.78 is 157. The first kappa shape index (κ1) is 23.8. The van der Waals surface area contributed by atoms with E-state index in [1.807, 2.05) is 0 Å². The average Bonchev–Trinajstić information content (AvgIpc) is 2.53. The van der Waals surface area contributed by atoms with Crippen LogP contribution in [0.4, 0.5) is 52.7 Å². The second kappa shape index (κ2) is 6.99. The molecule has 0 bridgehead atoms. The maximum absolute atomic E-state index is 13.6. The molecule has 0 aliphatic carbocycles. The molecule has 0 radical (unpaired) electrons. The van der Waals surface area contributed by atoms with Gasteiger partial charge in [0.1, 0.15) is 0 Å². The molecule has 1 nitrogen and oxygen atoms in total. The van der Waals surface area contributed by atoms with Crippen LogP contribution in [0.5, 0.6) is 0 Å². The Morgan fingerprint density at radius 2 is 1.15 bits per heavy atom. The largest absolute Gasteiger partial charge is 0.386 e. The van der Waals surface area contributed by atoms with Crippen LogP contribution in [0, 0.1) is 3.57 Å². The minimum absolute atomic E-state index is 0.271. The number of hydrogen-bond donors (Lipinski definition) is 0. The lowest BCUT2D eigenvalue weighted by atomic mass is 9.90. The Kier molecular flexibility index (Phi) is 6.16. The summed E-state index contributed by atoms with van der Waals surface area (Å²) in [5, 5.41) is 0. The Labute approximate surface area is 155 Å². The Morgan fingerprint density at radius 1 is 0.741 bits per heavy atom. The van der Waals surface area contributed by atoms with Crippen molar-refractivity contribution >= 4 is 28.4 Å². The average molecular weight is 532 g/mol. The molecule has 0 aliphatic heterocycles. The van der Waals surface area contributed by atoms with Gasteiger partial charge in [-0.15, -0.1) is 0 Å². The van der Waals surface area contributed by atoms with Crippen molar-refractivity contribution in [3.8, 4) is 0 Å². The highest BCUT2D eigenvalue weighted by atomic mass is 127. The second-order valence-electron chi connectivity index (χ2n) is 5.06. The van der Waals surface area contributed by atoms with E-state index in [0.29, 0.717) is 12.1 Å². The maximum atomic E-state index is 13.6. The van der Waals surface area contributed by atoms with E-state index in [1.165, 1.54) is 0 Å². The molecular formula is C13H5F12IO. The van der Waals surface area contributed by atoms with Gasteiger partial charge in [-0.25, -0.2) is 8.78 Å². The molecule has 0 fully saturated rings.